The topological polar surface area (TPSA) is 41.4 Å². The van der Waals surface area contributed by atoms with E-state index in [0.29, 0.717) is 0 Å². The molecule has 17 heavy (non-hydrogen) atoms. The lowest BCUT2D eigenvalue weighted by Crippen LogP contribution is -2.38. The fourth-order valence-corrected chi connectivity index (χ4v) is 2.92. The minimum absolute atomic E-state index is 0.806. The maximum Gasteiger partial charge on any atom is 0.189 e. The van der Waals surface area contributed by atoms with Gasteiger partial charge in [0, 0.05) is 24.8 Å². The standard InChI is InChI=1S/C11H11BrN4S/c1-17-11-14-6-7-5-8(12)10-13-3-2-4-16(10)9(7)15-11/h5-6H,2-4H2,1H3. The van der Waals surface area contributed by atoms with Gasteiger partial charge in [0.15, 0.2) is 5.16 Å². The summed E-state index contributed by atoms with van der Waals surface area (Å²) in [6.45, 7) is 1.87. The molecule has 4 nitrogen and oxygen atoms in total. The van der Waals surface area contributed by atoms with Crippen molar-refractivity contribution >= 4 is 45.4 Å². The lowest BCUT2D eigenvalue weighted by atomic mass is 10.1. The molecule has 2 aliphatic heterocycles. The molecule has 0 unspecified atom stereocenters. The molecule has 6 heteroatoms. The largest absolute Gasteiger partial charge is 0.310 e. The zero-order valence-corrected chi connectivity index (χ0v) is 11.8. The Kier molecular flexibility index (Phi) is 2.92. The summed E-state index contributed by atoms with van der Waals surface area (Å²) in [6.07, 6.45) is 6.98. The molecule has 0 N–H and O–H groups in total. The Morgan fingerprint density at radius 3 is 3.18 bits per heavy atom. The second-order valence-corrected chi connectivity index (χ2v) is 5.47. The van der Waals surface area contributed by atoms with Crippen LogP contribution in [0.1, 0.15) is 12.0 Å². The first-order valence-corrected chi connectivity index (χ1v) is 7.42. The van der Waals surface area contributed by atoms with E-state index in [1.807, 2.05) is 18.5 Å². The number of hydrogen-bond acceptors (Lipinski definition) is 5. The van der Waals surface area contributed by atoms with Gasteiger partial charge >= 0.3 is 0 Å². The third-order valence-corrected chi connectivity index (χ3v) is 3.91. The summed E-state index contributed by atoms with van der Waals surface area (Å²) in [5, 5.41) is 0.806. The fourth-order valence-electron chi connectivity index (χ4n) is 2.00. The fraction of sp³-hybridized carbons (Fsp3) is 0.364. The number of nitrogens with zero attached hydrogens (tertiary/aromatic N) is 4. The molecule has 0 saturated carbocycles. The van der Waals surface area contributed by atoms with Crippen molar-refractivity contribution in [1.29, 1.82) is 0 Å². The van der Waals surface area contributed by atoms with Gasteiger partial charge in [0.2, 0.25) is 0 Å². The molecule has 0 saturated heterocycles. The smallest absolute Gasteiger partial charge is 0.189 e. The highest BCUT2D eigenvalue weighted by atomic mass is 79.9. The minimum atomic E-state index is 0.806. The van der Waals surface area contributed by atoms with Crippen molar-refractivity contribution < 1.29 is 0 Å². The summed E-state index contributed by atoms with van der Waals surface area (Å²) in [4.78, 5) is 15.6. The number of halogens is 1. The number of fused-ring (bicyclic) bond motifs is 3. The number of amidine groups is 1. The van der Waals surface area contributed by atoms with E-state index >= 15 is 0 Å². The molecule has 0 fully saturated rings. The van der Waals surface area contributed by atoms with Gasteiger partial charge in [-0.25, -0.2) is 9.97 Å². The van der Waals surface area contributed by atoms with E-state index in [0.717, 1.165) is 46.4 Å². The molecule has 0 atom stereocenters. The van der Waals surface area contributed by atoms with Gasteiger partial charge in [-0.2, -0.15) is 0 Å². The highest BCUT2D eigenvalue weighted by Gasteiger charge is 2.27. The van der Waals surface area contributed by atoms with Crippen molar-refractivity contribution in [3.8, 4) is 0 Å². The maximum atomic E-state index is 4.58. The first-order chi connectivity index (χ1) is 8.29. The van der Waals surface area contributed by atoms with Crippen molar-refractivity contribution in [3.05, 3.63) is 16.2 Å². The quantitative estimate of drug-likeness (QED) is 0.590. The molecule has 0 spiro atoms. The van der Waals surface area contributed by atoms with Gasteiger partial charge in [-0.15, -0.1) is 0 Å². The summed E-state index contributed by atoms with van der Waals surface area (Å²) < 4.78 is 1.02. The zero-order chi connectivity index (χ0) is 11.8. The lowest BCUT2D eigenvalue weighted by molar-refractivity contribution is 0.774. The molecule has 88 valence electrons. The van der Waals surface area contributed by atoms with E-state index in [2.05, 4.69) is 35.8 Å². The molecule has 1 aromatic rings. The van der Waals surface area contributed by atoms with E-state index in [9.17, 15) is 0 Å². The Bertz CT molecular complexity index is 526. The van der Waals surface area contributed by atoms with Crippen LogP contribution in [-0.2, 0) is 0 Å². The second-order valence-electron chi connectivity index (χ2n) is 3.84. The van der Waals surface area contributed by atoms with E-state index in [-0.39, 0.29) is 0 Å². The molecule has 0 amide bonds. The van der Waals surface area contributed by atoms with Crippen LogP contribution in [0.2, 0.25) is 0 Å². The van der Waals surface area contributed by atoms with Gasteiger partial charge in [-0.1, -0.05) is 11.8 Å². The van der Waals surface area contributed by atoms with Gasteiger partial charge in [-0.05, 0) is 34.7 Å². The van der Waals surface area contributed by atoms with E-state index in [4.69, 9.17) is 0 Å². The van der Waals surface area contributed by atoms with E-state index < -0.39 is 0 Å². The monoisotopic (exact) mass is 310 g/mol. The minimum Gasteiger partial charge on any atom is -0.310 e. The molecule has 2 aliphatic rings. The number of rotatable bonds is 1. The lowest BCUT2D eigenvalue weighted by Gasteiger charge is -2.32. The average Bonchev–Trinajstić information content (AvgIpc) is 2.39. The van der Waals surface area contributed by atoms with Gasteiger partial charge in [0.25, 0.3) is 0 Å². The van der Waals surface area contributed by atoms with Gasteiger partial charge in [0.1, 0.15) is 11.7 Å². The zero-order valence-electron chi connectivity index (χ0n) is 9.35. The first kappa shape index (κ1) is 11.2. The normalized spacial score (nSPS) is 18.1. The van der Waals surface area contributed by atoms with Gasteiger partial charge in [0.05, 0.1) is 4.48 Å². The average molecular weight is 311 g/mol. The maximum absolute atomic E-state index is 4.58. The molecule has 0 radical (unpaired) electrons. The summed E-state index contributed by atoms with van der Waals surface area (Å²) in [5.41, 5.74) is 1.05. The van der Waals surface area contributed by atoms with Crippen LogP contribution in [0.5, 0.6) is 0 Å². The predicted molar refractivity (Wildman–Crippen MR) is 75.0 cm³/mol. The van der Waals surface area contributed by atoms with E-state index in [1.165, 1.54) is 0 Å². The number of anilines is 1. The first-order valence-electron chi connectivity index (χ1n) is 5.40. The van der Waals surface area contributed by atoms with Gasteiger partial charge in [-0.3, -0.25) is 4.99 Å². The summed E-state index contributed by atoms with van der Waals surface area (Å²) in [5.74, 6) is 1.97. The molecule has 0 aromatic carbocycles. The number of aromatic nitrogens is 2. The van der Waals surface area contributed by atoms with Crippen molar-refractivity contribution in [2.45, 2.75) is 11.6 Å². The molecule has 3 heterocycles. The Labute approximate surface area is 112 Å². The molecular weight excluding hydrogens is 300 g/mol. The van der Waals surface area contributed by atoms with Crippen LogP contribution in [0.15, 0.2) is 20.8 Å². The molecule has 0 aliphatic carbocycles. The predicted octanol–water partition coefficient (Wildman–Crippen LogP) is 2.56. The highest BCUT2D eigenvalue weighted by Crippen LogP contribution is 2.32. The highest BCUT2D eigenvalue weighted by molar-refractivity contribution is 9.12. The van der Waals surface area contributed by atoms with Crippen LogP contribution >= 0.6 is 27.7 Å². The third kappa shape index (κ3) is 1.89. The Balaban J connectivity index is 2.16. The van der Waals surface area contributed by atoms with Crippen LogP contribution < -0.4 is 4.90 Å². The Morgan fingerprint density at radius 1 is 1.47 bits per heavy atom. The number of hydrogen-bond donors (Lipinski definition) is 0. The molecular formula is C11H11BrN4S. The molecule has 3 rings (SSSR count). The van der Waals surface area contributed by atoms with Crippen molar-refractivity contribution in [3.63, 3.8) is 0 Å². The van der Waals surface area contributed by atoms with Crippen molar-refractivity contribution in [2.24, 2.45) is 4.99 Å². The van der Waals surface area contributed by atoms with Crippen LogP contribution in [0.3, 0.4) is 0 Å². The third-order valence-electron chi connectivity index (χ3n) is 2.76. The molecule has 0 bridgehead atoms. The van der Waals surface area contributed by atoms with Crippen LogP contribution in [0.25, 0.3) is 6.08 Å². The SMILES string of the molecule is CSc1ncc2c(n1)N1CCCN=C1C(Br)=C2. The van der Waals surface area contributed by atoms with Crippen LogP contribution in [0, 0.1) is 0 Å². The summed E-state index contributed by atoms with van der Waals surface area (Å²) in [7, 11) is 0. The Hall–Kier alpha value is -0.880. The Morgan fingerprint density at radius 2 is 2.35 bits per heavy atom. The van der Waals surface area contributed by atoms with E-state index in [1.54, 1.807) is 11.8 Å². The summed E-state index contributed by atoms with van der Waals surface area (Å²) >= 11 is 5.12. The van der Waals surface area contributed by atoms with Gasteiger partial charge < -0.3 is 4.90 Å². The molecule has 1 aromatic heterocycles. The second kappa shape index (κ2) is 4.42. The van der Waals surface area contributed by atoms with Crippen LogP contribution in [-0.4, -0.2) is 35.1 Å². The number of aliphatic imine (C=N–C) groups is 1. The summed E-state index contributed by atoms with van der Waals surface area (Å²) in [6, 6.07) is 0. The number of thioether (sulfide) groups is 1. The van der Waals surface area contributed by atoms with Crippen LogP contribution in [0.4, 0.5) is 5.82 Å². The van der Waals surface area contributed by atoms with Crippen molar-refractivity contribution in [1.82, 2.24) is 9.97 Å². The van der Waals surface area contributed by atoms with Crippen molar-refractivity contribution in [2.75, 3.05) is 24.2 Å².